The first-order valence-electron chi connectivity index (χ1n) is 31.9. The number of aliphatic hydroxyl groups excluding tert-OH is 1. The number of likely N-dealkylation sites (tertiary alicyclic amines) is 2. The quantitative estimate of drug-likeness (QED) is 0.0434. The highest BCUT2D eigenvalue weighted by Crippen LogP contribution is 2.61. The van der Waals surface area contributed by atoms with Crippen molar-refractivity contribution in [2.45, 2.75) is 76.4 Å². The van der Waals surface area contributed by atoms with E-state index in [0.29, 0.717) is 77.5 Å². The number of aromatic amines is 2. The lowest BCUT2D eigenvalue weighted by Crippen LogP contribution is -2.49. The van der Waals surface area contributed by atoms with Gasteiger partial charge in [0.25, 0.3) is 23.3 Å². The number of hydrogen-bond donors (Lipinski definition) is 6. The monoisotopic (exact) mass is 1540 g/mol. The van der Waals surface area contributed by atoms with Crippen LogP contribution < -0.4 is 21.3 Å². The molecule has 2 fully saturated rings. The molecule has 7 N–H and O–H groups in total. The third kappa shape index (κ3) is 25.3. The van der Waals surface area contributed by atoms with Crippen molar-refractivity contribution in [1.29, 1.82) is 0 Å². The van der Waals surface area contributed by atoms with Gasteiger partial charge in [0.15, 0.2) is 17.7 Å². The van der Waals surface area contributed by atoms with Crippen LogP contribution in [0.1, 0.15) is 70.7 Å². The molecule has 0 radical (unpaired) electrons. The van der Waals surface area contributed by atoms with E-state index in [0.717, 1.165) is 36.7 Å². The molecule has 0 saturated carbocycles. The molecule has 9 aromatic heterocycles. The van der Waals surface area contributed by atoms with E-state index in [1.54, 1.807) is 133 Å². The van der Waals surface area contributed by atoms with Gasteiger partial charge in [-0.2, -0.15) is 50.4 Å². The van der Waals surface area contributed by atoms with E-state index in [-0.39, 0.29) is 53.5 Å². The number of aliphatic carboxylic acids is 1. The van der Waals surface area contributed by atoms with Crippen molar-refractivity contribution in [2.75, 3.05) is 61.2 Å². The Bertz CT molecular complexity index is 4630. The SMILES string of the molecule is COC(CN)OC.COC(CNC(=O)c1ccn[nH]1)OC.C[C@@H]1CC[C@@H](O)CN1C(=O)c1ccccc1-n1nccn1.C[C@@H]1CC[C@@H](Oc2nccn3nccc23)CN1C(=O)c1ccccc1-n1nccn1.Clc1nccn2nccc12.O=C(O)C1=NCC=C1.O=P(Cl)(Cl)Cl.O=c1[nH]ccn2nccc12. The van der Waals surface area contributed by atoms with Crippen LogP contribution in [0.4, 0.5) is 0 Å². The Balaban J connectivity index is 0.000000180. The number of aliphatic imine (C=N–C) groups is 1. The summed E-state index contributed by atoms with van der Waals surface area (Å²) in [7, 11) is 6.13. The second-order valence-electron chi connectivity index (χ2n) is 22.1. The molecular formula is C65H77Cl4N22O13P. The number of nitrogens with two attached hydrogens (primary N) is 1. The molecule has 3 aliphatic rings. The number of aromatic nitrogens is 17. The van der Waals surface area contributed by atoms with E-state index in [1.165, 1.54) is 40.6 Å². The van der Waals surface area contributed by atoms with Crippen molar-refractivity contribution >= 4 is 96.5 Å². The zero-order chi connectivity index (χ0) is 75.8. The zero-order valence-corrected chi connectivity index (χ0v) is 61.4. The first-order chi connectivity index (χ1) is 50.5. The maximum absolute atomic E-state index is 13.5. The summed E-state index contributed by atoms with van der Waals surface area (Å²) >= 11 is 19.6. The predicted molar refractivity (Wildman–Crippen MR) is 389 cm³/mol. The number of halogens is 4. The van der Waals surface area contributed by atoms with E-state index in [2.05, 4.69) is 112 Å². The normalized spacial score (nSPS) is 15.8. The van der Waals surface area contributed by atoms with Crippen molar-refractivity contribution in [3.63, 3.8) is 0 Å². The van der Waals surface area contributed by atoms with Crippen molar-refractivity contribution in [1.82, 2.24) is 99.1 Å². The van der Waals surface area contributed by atoms with Gasteiger partial charge in [-0.05, 0) is 128 Å². The summed E-state index contributed by atoms with van der Waals surface area (Å²) in [5.74, 6) is -0.795. The molecule has 3 aliphatic heterocycles. The predicted octanol–water partition coefficient (Wildman–Crippen LogP) is 7.26. The third-order valence-electron chi connectivity index (χ3n) is 15.2. The summed E-state index contributed by atoms with van der Waals surface area (Å²) in [6.07, 6.45) is 28.1. The molecule has 558 valence electrons. The van der Waals surface area contributed by atoms with Gasteiger partial charge in [-0.15, -0.1) is 0 Å². The number of fused-ring (bicyclic) bond motifs is 3. The number of carbonyl (C=O) groups excluding carboxylic acids is 3. The van der Waals surface area contributed by atoms with Crippen molar-refractivity contribution in [3.8, 4) is 17.3 Å². The van der Waals surface area contributed by atoms with E-state index >= 15 is 0 Å². The third-order valence-corrected chi connectivity index (χ3v) is 15.5. The Morgan fingerprint density at radius 2 is 1.16 bits per heavy atom. The summed E-state index contributed by atoms with van der Waals surface area (Å²) in [4.78, 5) is 79.5. The maximum Gasteiger partial charge on any atom is 0.354 e. The Morgan fingerprint density at radius 1 is 0.648 bits per heavy atom. The molecule has 35 nitrogen and oxygen atoms in total. The van der Waals surface area contributed by atoms with Gasteiger partial charge in [-0.25, -0.2) is 28.3 Å². The summed E-state index contributed by atoms with van der Waals surface area (Å²) < 4.78 is 39.9. The van der Waals surface area contributed by atoms with E-state index < -0.39 is 23.6 Å². The highest BCUT2D eigenvalue weighted by molar-refractivity contribution is 8.24. The number of para-hydroxylation sites is 2. The molecule has 0 aliphatic carbocycles. The summed E-state index contributed by atoms with van der Waals surface area (Å²) in [5.41, 5.74) is 10.3. The summed E-state index contributed by atoms with van der Waals surface area (Å²) in [6, 6.07) is 21.8. The van der Waals surface area contributed by atoms with Gasteiger partial charge in [0.2, 0.25) is 5.88 Å². The van der Waals surface area contributed by atoms with Gasteiger partial charge in [0.1, 0.15) is 34.1 Å². The summed E-state index contributed by atoms with van der Waals surface area (Å²) in [5, 5.41) is 52.8. The molecule has 0 bridgehead atoms. The van der Waals surface area contributed by atoms with Crippen LogP contribution in [0.5, 0.6) is 5.88 Å². The number of β-amino-alcohol motifs (C(OH)–C–C–N with tert-alkyl or cyclic N) is 1. The van der Waals surface area contributed by atoms with Gasteiger partial charge in [-0.1, -0.05) is 41.9 Å². The van der Waals surface area contributed by atoms with Gasteiger partial charge < -0.3 is 59.7 Å². The second kappa shape index (κ2) is 42.0. The summed E-state index contributed by atoms with van der Waals surface area (Å²) in [6.45, 7) is 6.16. The molecule has 11 aromatic rings. The lowest BCUT2D eigenvalue weighted by atomic mass is 9.99. The molecule has 2 aromatic carbocycles. The van der Waals surface area contributed by atoms with Gasteiger partial charge in [-0.3, -0.25) is 33.8 Å². The smallest absolute Gasteiger partial charge is 0.354 e. The van der Waals surface area contributed by atoms with Crippen molar-refractivity contribution in [2.24, 2.45) is 10.7 Å². The number of carbonyl (C=O) groups is 4. The van der Waals surface area contributed by atoms with Crippen LogP contribution in [0.25, 0.3) is 27.9 Å². The molecule has 12 heterocycles. The van der Waals surface area contributed by atoms with Gasteiger partial charge in [0, 0.05) is 97.0 Å². The molecule has 3 amide bonds. The minimum absolute atomic E-state index is 0.0563. The lowest BCUT2D eigenvalue weighted by molar-refractivity contribution is -0.129. The number of carboxylic acids is 1. The fourth-order valence-corrected chi connectivity index (χ4v) is 10.2. The fraction of sp³-hybridized carbons (Fsp3) is 0.323. The molecule has 4 atom stereocenters. The number of rotatable bonds is 15. The lowest BCUT2D eigenvalue weighted by Gasteiger charge is -2.38. The number of H-pyrrole nitrogens is 2. The number of aliphatic hydroxyl groups is 1. The molecule has 0 spiro atoms. The number of carboxylic acid groups (broad SMARTS) is 1. The van der Waals surface area contributed by atoms with Crippen LogP contribution in [0.15, 0.2) is 181 Å². The molecule has 2 saturated heterocycles. The highest BCUT2D eigenvalue weighted by Gasteiger charge is 2.33. The van der Waals surface area contributed by atoms with Gasteiger partial charge >= 0.3 is 11.2 Å². The highest BCUT2D eigenvalue weighted by atomic mass is 36.0. The fourth-order valence-electron chi connectivity index (χ4n) is 9.96. The van der Waals surface area contributed by atoms with Gasteiger partial charge in [0.05, 0.1) is 91.6 Å². The number of amides is 3. The average molecular weight is 1550 g/mol. The van der Waals surface area contributed by atoms with Crippen LogP contribution >= 0.6 is 50.5 Å². The van der Waals surface area contributed by atoms with Crippen LogP contribution in [-0.2, 0) is 28.3 Å². The number of benzene rings is 2. The largest absolute Gasteiger partial charge is 0.477 e. The Morgan fingerprint density at radius 3 is 1.65 bits per heavy atom. The number of hydrogen-bond acceptors (Lipinski definition) is 24. The van der Waals surface area contributed by atoms with E-state index in [4.69, 9.17) is 46.1 Å². The topological polar surface area (TPSA) is 429 Å². The molecule has 40 heteroatoms. The van der Waals surface area contributed by atoms with Crippen LogP contribution in [-0.4, -0.2) is 231 Å². The molecule has 105 heavy (non-hydrogen) atoms. The average Bonchev–Trinajstić information content (AvgIpc) is 1.30. The zero-order valence-electron chi connectivity index (χ0n) is 57.5. The maximum atomic E-state index is 13.5. The number of nitrogens with zero attached hydrogens (tertiary/aromatic N) is 18. The first kappa shape index (κ1) is 82.1. The van der Waals surface area contributed by atoms with Crippen LogP contribution in [0.2, 0.25) is 5.15 Å². The molecule has 0 unspecified atom stereocenters. The minimum Gasteiger partial charge on any atom is -0.477 e. The minimum atomic E-state index is -3.22. The van der Waals surface area contributed by atoms with Crippen molar-refractivity contribution in [3.05, 3.63) is 204 Å². The standard InChI is InChI=1S/C21H21N7O2.C15H18N4O2.C8H13N3O3.C6H4ClN3.C6H5N3O.C5H5NO2.C4H11NO2.Cl3OP/c1-15-6-7-16(30-20-19-8-9-23-27(19)13-12-22-20)14-26(15)21(29)17-4-2-3-5-18(17)28-24-10-11-25-28;1-11-6-7-12(20)10-18(11)15(21)13-4-2-3-5-14(13)19-16-8-9-17-19;1-13-7(14-2)5-9-8(12)6-3-4-10-11-6;7-6-5-1-2-9-10(5)4-3-8-6;10-6-5-1-2-8-9(5)4-3-7-6;7-5(8)4-2-1-3-6-4;1-6-4(3-5)7-2;1-5(2,3)4/h2-5,8-13,15-16H,6-7,14H2,1H3;2-5,8-9,11-12,20H,6-7,10H2,1H3;3-4,7H,5H2,1-2H3,(H,9,12)(H,10,11);1-4H;1-4H,(H,7,10);1-2H,3H2,(H,7,8);4H,3,5H2,1-2H3;/t15-,16-;11-,12-;;;;;;/m11....../s1. The number of nitrogens with one attached hydrogen (secondary N) is 3. The first-order valence-corrected chi connectivity index (χ1v) is 36.7. The number of methoxy groups -OCH3 is 4. The van der Waals surface area contributed by atoms with Crippen molar-refractivity contribution < 1.29 is 57.6 Å². The van der Waals surface area contributed by atoms with Crippen LogP contribution in [0.3, 0.4) is 0 Å². The Labute approximate surface area is 619 Å². The second-order valence-corrected chi connectivity index (χ2v) is 29.1. The van der Waals surface area contributed by atoms with E-state index in [1.807, 2.05) is 66.4 Å². The van der Waals surface area contributed by atoms with E-state index in [9.17, 15) is 33.6 Å². The molecule has 14 rings (SSSR count). The number of piperidine rings is 2. The molecular weight excluding hydrogens is 1470 g/mol. The Hall–Kier alpha value is -10.2. The van der Waals surface area contributed by atoms with Crippen LogP contribution in [0, 0.1) is 0 Å². The number of ether oxygens (including phenoxy) is 5. The Kier molecular flexibility index (Phi) is 32.8.